The minimum Gasteiger partial charge on any atom is -0.368 e. The molecule has 0 saturated carbocycles. The van der Waals surface area contributed by atoms with Crippen molar-refractivity contribution in [2.45, 2.75) is 12.0 Å². The average Bonchev–Trinajstić information content (AvgIpc) is 3.00. The van der Waals surface area contributed by atoms with Crippen molar-refractivity contribution < 1.29 is 4.79 Å². The van der Waals surface area contributed by atoms with Gasteiger partial charge < -0.3 is 11.5 Å². The van der Waals surface area contributed by atoms with Crippen molar-refractivity contribution >= 4 is 5.91 Å². The fourth-order valence-electron chi connectivity index (χ4n) is 3.62. The topological polar surface area (TPSA) is 72.3 Å². The summed E-state index contributed by atoms with van der Waals surface area (Å²) in [6.45, 7) is 2.20. The summed E-state index contributed by atoms with van der Waals surface area (Å²) < 4.78 is 0. The summed E-state index contributed by atoms with van der Waals surface area (Å²) in [6, 6.07) is 19.8. The van der Waals surface area contributed by atoms with Gasteiger partial charge in [0.2, 0.25) is 5.91 Å². The standard InChI is InChI=1S/C19H23N3O/c20-11-16-12-22(13-17(16)14-7-3-1-4-8-14)18(19(21)23)15-9-5-2-6-10-15/h1-10,16-18H,11-13,20H2,(H2,21,23)/t16-,17+,18?/m1/s1. The van der Waals surface area contributed by atoms with E-state index < -0.39 is 0 Å². The third kappa shape index (κ3) is 3.28. The molecule has 1 aliphatic rings. The van der Waals surface area contributed by atoms with Crippen molar-refractivity contribution in [1.82, 2.24) is 4.90 Å². The molecule has 3 atom stereocenters. The molecule has 4 heteroatoms. The molecule has 0 bridgehead atoms. The molecule has 1 fully saturated rings. The number of rotatable bonds is 5. The molecule has 120 valence electrons. The summed E-state index contributed by atoms with van der Waals surface area (Å²) in [6.07, 6.45) is 0. The lowest BCUT2D eigenvalue weighted by Gasteiger charge is -2.25. The maximum atomic E-state index is 12.1. The van der Waals surface area contributed by atoms with Crippen LogP contribution in [0, 0.1) is 5.92 Å². The maximum Gasteiger partial charge on any atom is 0.239 e. The Kier molecular flexibility index (Phi) is 4.74. The fourth-order valence-corrected chi connectivity index (χ4v) is 3.62. The first-order valence-electron chi connectivity index (χ1n) is 8.04. The zero-order valence-electron chi connectivity index (χ0n) is 13.1. The van der Waals surface area contributed by atoms with Gasteiger partial charge in [0.25, 0.3) is 0 Å². The molecule has 1 amide bonds. The van der Waals surface area contributed by atoms with Crippen LogP contribution in [0.25, 0.3) is 0 Å². The quantitative estimate of drug-likeness (QED) is 0.886. The first-order valence-corrected chi connectivity index (χ1v) is 8.04. The zero-order chi connectivity index (χ0) is 16.2. The minimum atomic E-state index is -0.390. The van der Waals surface area contributed by atoms with Gasteiger partial charge in [-0.25, -0.2) is 0 Å². The van der Waals surface area contributed by atoms with Crippen LogP contribution in [0.15, 0.2) is 60.7 Å². The third-order valence-corrected chi connectivity index (χ3v) is 4.75. The molecule has 0 spiro atoms. The predicted molar refractivity (Wildman–Crippen MR) is 91.7 cm³/mol. The molecule has 0 aromatic heterocycles. The number of nitrogens with two attached hydrogens (primary N) is 2. The fraction of sp³-hybridized carbons (Fsp3) is 0.316. The van der Waals surface area contributed by atoms with E-state index in [9.17, 15) is 4.79 Å². The predicted octanol–water partition coefficient (Wildman–Crippen LogP) is 1.89. The maximum absolute atomic E-state index is 12.1. The number of primary amides is 1. The monoisotopic (exact) mass is 309 g/mol. The Balaban J connectivity index is 1.87. The minimum absolute atomic E-state index is 0.305. The Morgan fingerprint density at radius 1 is 1.04 bits per heavy atom. The van der Waals surface area contributed by atoms with Gasteiger partial charge in [0.15, 0.2) is 0 Å². The van der Waals surface area contributed by atoms with Gasteiger partial charge in [-0.15, -0.1) is 0 Å². The number of hydrogen-bond acceptors (Lipinski definition) is 3. The van der Waals surface area contributed by atoms with Crippen LogP contribution in [0.4, 0.5) is 0 Å². The van der Waals surface area contributed by atoms with Crippen molar-refractivity contribution in [3.05, 3.63) is 71.8 Å². The van der Waals surface area contributed by atoms with Crippen LogP contribution in [-0.4, -0.2) is 30.4 Å². The van der Waals surface area contributed by atoms with E-state index in [-0.39, 0.29) is 11.9 Å². The molecular formula is C19H23N3O. The Morgan fingerprint density at radius 3 is 2.22 bits per heavy atom. The van der Waals surface area contributed by atoms with E-state index in [1.165, 1.54) is 5.56 Å². The second-order valence-electron chi connectivity index (χ2n) is 6.18. The van der Waals surface area contributed by atoms with Gasteiger partial charge in [-0.1, -0.05) is 60.7 Å². The van der Waals surface area contributed by atoms with Gasteiger partial charge in [-0.3, -0.25) is 9.69 Å². The number of amides is 1. The van der Waals surface area contributed by atoms with Crippen molar-refractivity contribution in [2.24, 2.45) is 17.4 Å². The summed E-state index contributed by atoms with van der Waals surface area (Å²) in [5.74, 6) is 0.371. The third-order valence-electron chi connectivity index (χ3n) is 4.75. The second-order valence-corrected chi connectivity index (χ2v) is 6.18. The lowest BCUT2D eigenvalue weighted by atomic mass is 9.89. The number of carbonyl (C=O) groups excluding carboxylic acids is 1. The molecule has 1 unspecified atom stereocenters. The highest BCUT2D eigenvalue weighted by Crippen LogP contribution is 2.36. The van der Waals surface area contributed by atoms with Gasteiger partial charge >= 0.3 is 0 Å². The van der Waals surface area contributed by atoms with E-state index in [1.54, 1.807) is 0 Å². The molecule has 0 aliphatic carbocycles. The van der Waals surface area contributed by atoms with Gasteiger partial charge in [-0.2, -0.15) is 0 Å². The molecule has 4 nitrogen and oxygen atoms in total. The average molecular weight is 309 g/mol. The smallest absolute Gasteiger partial charge is 0.239 e. The van der Waals surface area contributed by atoms with Crippen LogP contribution in [0.1, 0.15) is 23.1 Å². The Labute approximate surface area is 137 Å². The van der Waals surface area contributed by atoms with Crippen LogP contribution >= 0.6 is 0 Å². The zero-order valence-corrected chi connectivity index (χ0v) is 13.1. The van der Waals surface area contributed by atoms with Crippen molar-refractivity contribution in [3.63, 3.8) is 0 Å². The normalized spacial score (nSPS) is 22.8. The second kappa shape index (κ2) is 6.94. The number of benzene rings is 2. The summed E-state index contributed by atoms with van der Waals surface area (Å²) in [5, 5.41) is 0. The van der Waals surface area contributed by atoms with Crippen molar-refractivity contribution in [2.75, 3.05) is 19.6 Å². The van der Waals surface area contributed by atoms with E-state index in [0.717, 1.165) is 18.7 Å². The van der Waals surface area contributed by atoms with Crippen LogP contribution in [0.5, 0.6) is 0 Å². The largest absolute Gasteiger partial charge is 0.368 e. The molecule has 23 heavy (non-hydrogen) atoms. The molecule has 1 aliphatic heterocycles. The highest BCUT2D eigenvalue weighted by atomic mass is 16.1. The van der Waals surface area contributed by atoms with Crippen LogP contribution in [0.2, 0.25) is 0 Å². The molecule has 0 radical (unpaired) electrons. The van der Waals surface area contributed by atoms with E-state index in [1.807, 2.05) is 48.5 Å². The molecule has 1 heterocycles. The Morgan fingerprint density at radius 2 is 1.65 bits per heavy atom. The molecular weight excluding hydrogens is 286 g/mol. The highest BCUT2D eigenvalue weighted by Gasteiger charge is 2.38. The SMILES string of the molecule is NC[C@@H]1CN(C(C(N)=O)c2ccccc2)C[C@H]1c1ccccc1. The lowest BCUT2D eigenvalue weighted by Crippen LogP contribution is -2.37. The molecule has 4 N–H and O–H groups in total. The number of carbonyl (C=O) groups is 1. The summed E-state index contributed by atoms with van der Waals surface area (Å²) in [7, 11) is 0. The Hall–Kier alpha value is -2.17. The van der Waals surface area contributed by atoms with Crippen molar-refractivity contribution in [3.8, 4) is 0 Å². The van der Waals surface area contributed by atoms with Crippen LogP contribution in [0.3, 0.4) is 0 Å². The van der Waals surface area contributed by atoms with E-state index >= 15 is 0 Å². The lowest BCUT2D eigenvalue weighted by molar-refractivity contribution is -0.123. The van der Waals surface area contributed by atoms with Crippen LogP contribution < -0.4 is 11.5 Å². The van der Waals surface area contributed by atoms with Gasteiger partial charge in [0.1, 0.15) is 6.04 Å². The van der Waals surface area contributed by atoms with E-state index in [4.69, 9.17) is 11.5 Å². The first kappa shape index (κ1) is 15.7. The highest BCUT2D eigenvalue weighted by molar-refractivity contribution is 5.81. The number of nitrogens with zero attached hydrogens (tertiary/aromatic N) is 1. The summed E-state index contributed by atoms with van der Waals surface area (Å²) >= 11 is 0. The molecule has 2 aromatic carbocycles. The first-order chi connectivity index (χ1) is 11.2. The summed E-state index contributed by atoms with van der Waals surface area (Å²) in [5.41, 5.74) is 13.9. The van der Waals surface area contributed by atoms with Gasteiger partial charge in [-0.05, 0) is 23.6 Å². The van der Waals surface area contributed by atoms with Crippen LogP contribution in [-0.2, 0) is 4.79 Å². The van der Waals surface area contributed by atoms with E-state index in [0.29, 0.717) is 18.4 Å². The Bertz CT molecular complexity index is 644. The van der Waals surface area contributed by atoms with Gasteiger partial charge in [0.05, 0.1) is 0 Å². The number of likely N-dealkylation sites (tertiary alicyclic amines) is 1. The number of hydrogen-bond donors (Lipinski definition) is 2. The van der Waals surface area contributed by atoms with Crippen molar-refractivity contribution in [1.29, 1.82) is 0 Å². The van der Waals surface area contributed by atoms with E-state index in [2.05, 4.69) is 17.0 Å². The van der Waals surface area contributed by atoms with Gasteiger partial charge in [0, 0.05) is 19.0 Å². The molecule has 2 aromatic rings. The molecule has 3 rings (SSSR count). The summed E-state index contributed by atoms with van der Waals surface area (Å²) in [4.78, 5) is 14.2. The molecule has 1 saturated heterocycles.